The zero-order valence-corrected chi connectivity index (χ0v) is 53.7. The van der Waals surface area contributed by atoms with Gasteiger partial charge in [0.15, 0.2) is 6.10 Å². The van der Waals surface area contributed by atoms with E-state index in [1.165, 1.54) is 83.5 Å². The lowest BCUT2D eigenvalue weighted by Crippen LogP contribution is -2.30. The number of rotatable bonds is 60. The van der Waals surface area contributed by atoms with Crippen molar-refractivity contribution in [2.75, 3.05) is 13.2 Å². The van der Waals surface area contributed by atoms with E-state index in [0.717, 1.165) is 167 Å². The van der Waals surface area contributed by atoms with Gasteiger partial charge in [-0.3, -0.25) is 14.4 Å². The third-order valence-corrected chi connectivity index (χ3v) is 14.0. The fourth-order valence-electron chi connectivity index (χ4n) is 9.04. The second-order valence-electron chi connectivity index (χ2n) is 21.9. The van der Waals surface area contributed by atoms with Gasteiger partial charge in [0, 0.05) is 19.3 Å². The number of hydrogen-bond donors (Lipinski definition) is 0. The molecule has 0 heterocycles. The first-order chi connectivity index (χ1) is 41.0. The third kappa shape index (κ3) is 67.7. The van der Waals surface area contributed by atoms with E-state index in [2.05, 4.69) is 179 Å². The van der Waals surface area contributed by atoms with Crippen LogP contribution in [0.5, 0.6) is 0 Å². The van der Waals surface area contributed by atoms with Crippen LogP contribution < -0.4 is 0 Å². The lowest BCUT2D eigenvalue weighted by molar-refractivity contribution is -0.167. The van der Waals surface area contributed by atoms with Crippen LogP contribution in [0, 0.1) is 0 Å². The molecule has 0 aromatic heterocycles. The molecule has 468 valence electrons. The highest BCUT2D eigenvalue weighted by Crippen LogP contribution is 2.16. The Kier molecular flexibility index (Phi) is 65.4. The number of allylic oxidation sites excluding steroid dienone is 26. The molecule has 0 saturated carbocycles. The first-order valence-electron chi connectivity index (χ1n) is 34.0. The zero-order valence-electron chi connectivity index (χ0n) is 53.7. The second kappa shape index (κ2) is 69.5. The summed E-state index contributed by atoms with van der Waals surface area (Å²) in [5.74, 6) is -0.922. The lowest BCUT2D eigenvalue weighted by atomic mass is 10.1. The average Bonchev–Trinajstić information content (AvgIpc) is 3.49. The van der Waals surface area contributed by atoms with Crippen LogP contribution in [-0.4, -0.2) is 37.2 Å². The van der Waals surface area contributed by atoms with E-state index in [4.69, 9.17) is 14.2 Å². The maximum absolute atomic E-state index is 12.9. The summed E-state index contributed by atoms with van der Waals surface area (Å²) < 4.78 is 16.9. The fraction of sp³-hybridized carbons (Fsp3) is 0.623. The quantitative estimate of drug-likeness (QED) is 0.0261. The Morgan fingerprint density at radius 1 is 0.241 bits per heavy atom. The van der Waals surface area contributed by atoms with E-state index in [-0.39, 0.29) is 31.1 Å². The summed E-state index contributed by atoms with van der Waals surface area (Å²) in [5.41, 5.74) is 0. The average molecular weight is 1150 g/mol. The van der Waals surface area contributed by atoms with Crippen molar-refractivity contribution in [3.8, 4) is 0 Å². The number of carbonyl (C=O) groups excluding carboxylic acids is 3. The van der Waals surface area contributed by atoms with Crippen molar-refractivity contribution < 1.29 is 28.6 Å². The van der Waals surface area contributed by atoms with Crippen LogP contribution in [0.4, 0.5) is 0 Å². The number of esters is 3. The van der Waals surface area contributed by atoms with Crippen molar-refractivity contribution in [3.63, 3.8) is 0 Å². The molecule has 0 amide bonds. The molecule has 83 heavy (non-hydrogen) atoms. The molecule has 6 heteroatoms. The van der Waals surface area contributed by atoms with Gasteiger partial charge < -0.3 is 14.2 Å². The molecule has 0 spiro atoms. The maximum Gasteiger partial charge on any atom is 0.306 e. The van der Waals surface area contributed by atoms with Gasteiger partial charge in [0.05, 0.1) is 0 Å². The molecule has 1 atom stereocenters. The summed E-state index contributed by atoms with van der Waals surface area (Å²) >= 11 is 0. The highest BCUT2D eigenvalue weighted by atomic mass is 16.6. The highest BCUT2D eigenvalue weighted by molar-refractivity contribution is 5.71. The minimum atomic E-state index is -0.801. The third-order valence-electron chi connectivity index (χ3n) is 14.0. The summed E-state index contributed by atoms with van der Waals surface area (Å²) in [7, 11) is 0. The Balaban J connectivity index is 4.38. The molecule has 0 aliphatic heterocycles. The first-order valence-corrected chi connectivity index (χ1v) is 34.0. The van der Waals surface area contributed by atoms with Gasteiger partial charge in [-0.1, -0.05) is 288 Å². The van der Waals surface area contributed by atoms with Crippen molar-refractivity contribution in [1.29, 1.82) is 0 Å². The van der Waals surface area contributed by atoms with Crippen LogP contribution in [0.15, 0.2) is 158 Å². The molecule has 0 aliphatic carbocycles. The number of carbonyl (C=O) groups is 3. The topological polar surface area (TPSA) is 78.9 Å². The largest absolute Gasteiger partial charge is 0.462 e. The van der Waals surface area contributed by atoms with Gasteiger partial charge in [0.2, 0.25) is 0 Å². The van der Waals surface area contributed by atoms with Gasteiger partial charge in [-0.25, -0.2) is 0 Å². The van der Waals surface area contributed by atoms with E-state index in [1.807, 2.05) is 0 Å². The Labute approximate surface area is 511 Å². The summed E-state index contributed by atoms with van der Waals surface area (Å²) in [6.07, 6.45) is 101. The van der Waals surface area contributed by atoms with Crippen molar-refractivity contribution in [2.45, 2.75) is 297 Å². The maximum atomic E-state index is 12.9. The van der Waals surface area contributed by atoms with Gasteiger partial charge in [0.25, 0.3) is 0 Å². The molecule has 0 aliphatic rings. The van der Waals surface area contributed by atoms with Crippen molar-refractivity contribution in [3.05, 3.63) is 158 Å². The number of hydrogen-bond acceptors (Lipinski definition) is 6. The smallest absolute Gasteiger partial charge is 0.306 e. The molecule has 0 fully saturated rings. The van der Waals surface area contributed by atoms with E-state index in [0.29, 0.717) is 19.3 Å². The van der Waals surface area contributed by atoms with Crippen molar-refractivity contribution in [2.24, 2.45) is 0 Å². The van der Waals surface area contributed by atoms with E-state index in [9.17, 15) is 14.4 Å². The molecule has 0 aromatic rings. The van der Waals surface area contributed by atoms with Crippen LogP contribution in [-0.2, 0) is 28.6 Å². The highest BCUT2D eigenvalue weighted by Gasteiger charge is 2.19. The second-order valence-corrected chi connectivity index (χ2v) is 21.9. The van der Waals surface area contributed by atoms with Crippen LogP contribution in [0.1, 0.15) is 290 Å². The number of ether oxygens (including phenoxy) is 3. The Morgan fingerprint density at radius 2 is 0.434 bits per heavy atom. The van der Waals surface area contributed by atoms with Gasteiger partial charge in [0.1, 0.15) is 13.2 Å². The Morgan fingerprint density at radius 3 is 0.675 bits per heavy atom. The summed E-state index contributed by atoms with van der Waals surface area (Å²) in [6.45, 7) is 6.29. The standard InChI is InChI=1S/C77H124O6/c1-4-7-10-13-16-19-22-25-28-30-32-34-35-36-37-38-39-40-41-43-44-46-49-52-55-58-61-64-67-70-76(79)82-73-74(72-81-75(78)69-66-63-60-57-54-51-48-27-24-21-18-15-12-9-6-3)83-77(80)71-68-65-62-59-56-53-50-47-45-42-33-31-29-26-23-20-17-14-11-8-5-2/h7-12,16-21,25-29,32-34,36-37,39-40,42,48,74H,4-6,13-15,22-24,30-31,35,38,41,43-47,49-73H2,1-3H3/b10-7-,11-8-,12-9-,19-16-,20-17-,21-18-,28-25-,29-26-,34-32-,37-36-,40-39-,42-33-,48-27-. The lowest BCUT2D eigenvalue weighted by Gasteiger charge is -2.18. The minimum Gasteiger partial charge on any atom is -0.462 e. The van der Waals surface area contributed by atoms with E-state index >= 15 is 0 Å². The molecule has 1 unspecified atom stereocenters. The minimum absolute atomic E-state index is 0.0947. The van der Waals surface area contributed by atoms with Gasteiger partial charge in [-0.2, -0.15) is 0 Å². The van der Waals surface area contributed by atoms with Crippen LogP contribution in [0.3, 0.4) is 0 Å². The predicted octanol–water partition coefficient (Wildman–Crippen LogP) is 23.7. The monoisotopic (exact) mass is 1140 g/mol. The van der Waals surface area contributed by atoms with Crippen LogP contribution in [0.2, 0.25) is 0 Å². The summed E-state index contributed by atoms with van der Waals surface area (Å²) in [5, 5.41) is 0. The van der Waals surface area contributed by atoms with Crippen LogP contribution >= 0.6 is 0 Å². The molecule has 0 saturated heterocycles. The van der Waals surface area contributed by atoms with Gasteiger partial charge in [-0.15, -0.1) is 0 Å². The first kappa shape index (κ1) is 78.0. The Bertz CT molecular complexity index is 1840. The van der Waals surface area contributed by atoms with Gasteiger partial charge >= 0.3 is 17.9 Å². The molecule has 6 nitrogen and oxygen atoms in total. The molecule has 0 radical (unpaired) electrons. The SMILES string of the molecule is CC/C=C\C/C=C\C/C=C\C/C=C\C/C=C\C/C=C\CCCCCCCCCCCCC(=O)OCC(COC(=O)CCCCCCC/C=C\C/C=C\C/C=C\CC)OC(=O)CCCCCCCCCC/C=C\C/C=C\C/C=C\C/C=C\CC. The Hall–Kier alpha value is -4.97. The molecular weight excluding hydrogens is 1020 g/mol. The zero-order chi connectivity index (χ0) is 59.9. The van der Waals surface area contributed by atoms with Crippen LogP contribution in [0.25, 0.3) is 0 Å². The van der Waals surface area contributed by atoms with E-state index in [1.54, 1.807) is 0 Å². The molecule has 0 rings (SSSR count). The van der Waals surface area contributed by atoms with Crippen molar-refractivity contribution >= 4 is 17.9 Å². The summed E-state index contributed by atoms with van der Waals surface area (Å²) in [4.78, 5) is 38.4. The fourth-order valence-corrected chi connectivity index (χ4v) is 9.04. The number of unbranched alkanes of at least 4 members (excludes halogenated alkanes) is 23. The molecule has 0 aromatic carbocycles. The van der Waals surface area contributed by atoms with Gasteiger partial charge in [-0.05, 0) is 141 Å². The summed E-state index contributed by atoms with van der Waals surface area (Å²) in [6, 6.07) is 0. The predicted molar refractivity (Wildman–Crippen MR) is 362 cm³/mol. The molecular formula is C77H124O6. The normalized spacial score (nSPS) is 13.1. The van der Waals surface area contributed by atoms with Crippen molar-refractivity contribution in [1.82, 2.24) is 0 Å². The molecule has 0 N–H and O–H groups in total. The molecule has 0 bridgehead atoms. The van der Waals surface area contributed by atoms with E-state index < -0.39 is 6.10 Å².